The fourth-order valence-electron chi connectivity index (χ4n) is 2.33. The second-order valence-corrected chi connectivity index (χ2v) is 5.49. The predicted molar refractivity (Wildman–Crippen MR) is 68.7 cm³/mol. The van der Waals surface area contributed by atoms with Crippen molar-refractivity contribution in [3.63, 3.8) is 0 Å². The van der Waals surface area contributed by atoms with Crippen molar-refractivity contribution in [3.8, 4) is 10.6 Å². The van der Waals surface area contributed by atoms with E-state index in [1.165, 1.54) is 4.88 Å². The van der Waals surface area contributed by atoms with Gasteiger partial charge in [-0.15, -0.1) is 11.3 Å². The van der Waals surface area contributed by atoms with Crippen LogP contribution in [-0.4, -0.2) is 21.0 Å². The van der Waals surface area contributed by atoms with Gasteiger partial charge in [0.2, 0.25) is 0 Å². The summed E-state index contributed by atoms with van der Waals surface area (Å²) in [6, 6.07) is 3.86. The highest BCUT2D eigenvalue weighted by Crippen LogP contribution is 2.40. The average molecular weight is 260 g/mol. The molecule has 0 fully saturated rings. The summed E-state index contributed by atoms with van der Waals surface area (Å²) < 4.78 is 0. The van der Waals surface area contributed by atoms with Crippen LogP contribution in [0.15, 0.2) is 24.5 Å². The third-order valence-electron chi connectivity index (χ3n) is 3.16. The lowest BCUT2D eigenvalue weighted by atomic mass is 10.0. The fourth-order valence-corrected chi connectivity index (χ4v) is 3.48. The van der Waals surface area contributed by atoms with Crippen LogP contribution in [0.25, 0.3) is 10.6 Å². The summed E-state index contributed by atoms with van der Waals surface area (Å²) in [7, 11) is 0. The van der Waals surface area contributed by atoms with Crippen LogP contribution in [0.3, 0.4) is 0 Å². The predicted octanol–water partition coefficient (Wildman–Crippen LogP) is 2.71. The number of pyridine rings is 1. The van der Waals surface area contributed by atoms with Gasteiger partial charge in [0.05, 0.1) is 12.1 Å². The SMILES string of the molecule is O=C(O)CC1CCc2sc(-c3cccnc3)nc21. The third kappa shape index (κ3) is 2.01. The number of aliphatic carboxylic acids is 1. The molecule has 0 saturated heterocycles. The lowest BCUT2D eigenvalue weighted by molar-refractivity contribution is -0.137. The van der Waals surface area contributed by atoms with Crippen LogP contribution in [0.4, 0.5) is 0 Å². The first-order chi connectivity index (χ1) is 8.74. The lowest BCUT2D eigenvalue weighted by Gasteiger charge is -2.04. The monoisotopic (exact) mass is 260 g/mol. The van der Waals surface area contributed by atoms with E-state index in [0.29, 0.717) is 0 Å². The standard InChI is InChI=1S/C13H12N2O2S/c16-11(17)6-8-3-4-10-12(8)15-13(18-10)9-2-1-5-14-7-9/h1-2,5,7-8H,3-4,6H2,(H,16,17). The first-order valence-electron chi connectivity index (χ1n) is 5.86. The van der Waals surface area contributed by atoms with Crippen LogP contribution >= 0.6 is 11.3 Å². The van der Waals surface area contributed by atoms with Crippen molar-refractivity contribution in [3.05, 3.63) is 35.1 Å². The number of nitrogens with zero attached hydrogens (tertiary/aromatic N) is 2. The Balaban J connectivity index is 1.92. The van der Waals surface area contributed by atoms with Crippen molar-refractivity contribution in [1.82, 2.24) is 9.97 Å². The molecule has 0 aromatic carbocycles. The van der Waals surface area contributed by atoms with Crippen LogP contribution in [0.5, 0.6) is 0 Å². The Kier molecular flexibility index (Phi) is 2.83. The molecule has 1 N–H and O–H groups in total. The number of carboxylic acids is 1. The largest absolute Gasteiger partial charge is 0.481 e. The smallest absolute Gasteiger partial charge is 0.304 e. The summed E-state index contributed by atoms with van der Waals surface area (Å²) in [6.45, 7) is 0. The molecule has 5 heteroatoms. The van der Waals surface area contributed by atoms with Gasteiger partial charge < -0.3 is 5.11 Å². The molecule has 0 amide bonds. The second-order valence-electron chi connectivity index (χ2n) is 4.40. The van der Waals surface area contributed by atoms with E-state index < -0.39 is 5.97 Å². The molecular formula is C13H12N2O2S. The zero-order chi connectivity index (χ0) is 12.5. The number of hydrogen-bond donors (Lipinski definition) is 1. The van der Waals surface area contributed by atoms with Crippen molar-refractivity contribution in [2.24, 2.45) is 0 Å². The summed E-state index contributed by atoms with van der Waals surface area (Å²) in [4.78, 5) is 20.7. The van der Waals surface area contributed by atoms with Crippen LogP contribution in [0.1, 0.15) is 29.3 Å². The Morgan fingerprint density at radius 1 is 1.56 bits per heavy atom. The van der Waals surface area contributed by atoms with Gasteiger partial charge in [0.1, 0.15) is 5.01 Å². The molecule has 92 valence electrons. The van der Waals surface area contributed by atoms with E-state index in [1.807, 2.05) is 12.1 Å². The zero-order valence-corrected chi connectivity index (χ0v) is 10.5. The summed E-state index contributed by atoms with van der Waals surface area (Å²) in [5.74, 6) is -0.664. The van der Waals surface area contributed by atoms with E-state index in [1.54, 1.807) is 23.7 Å². The maximum absolute atomic E-state index is 10.8. The Bertz CT molecular complexity index is 580. The molecule has 2 heterocycles. The van der Waals surface area contributed by atoms with Crippen LogP contribution in [-0.2, 0) is 11.2 Å². The Hall–Kier alpha value is -1.75. The second kappa shape index (κ2) is 4.49. The highest BCUT2D eigenvalue weighted by atomic mass is 32.1. The van der Waals surface area contributed by atoms with Crippen molar-refractivity contribution in [2.45, 2.75) is 25.2 Å². The molecule has 4 nitrogen and oxygen atoms in total. The van der Waals surface area contributed by atoms with E-state index in [2.05, 4.69) is 9.97 Å². The van der Waals surface area contributed by atoms with Gasteiger partial charge in [-0.1, -0.05) is 0 Å². The van der Waals surface area contributed by atoms with E-state index in [9.17, 15) is 4.79 Å². The van der Waals surface area contributed by atoms with Gasteiger partial charge in [-0.2, -0.15) is 0 Å². The molecule has 2 aromatic heterocycles. The maximum Gasteiger partial charge on any atom is 0.304 e. The first kappa shape index (κ1) is 11.3. The topological polar surface area (TPSA) is 63.1 Å². The lowest BCUT2D eigenvalue weighted by Crippen LogP contribution is -2.03. The summed E-state index contributed by atoms with van der Waals surface area (Å²) in [5, 5.41) is 9.84. The van der Waals surface area contributed by atoms with E-state index in [-0.39, 0.29) is 12.3 Å². The van der Waals surface area contributed by atoms with Gasteiger partial charge in [-0.3, -0.25) is 9.78 Å². The average Bonchev–Trinajstić information content (AvgIpc) is 2.92. The molecule has 3 rings (SSSR count). The fraction of sp³-hybridized carbons (Fsp3) is 0.308. The third-order valence-corrected chi connectivity index (χ3v) is 4.34. The number of thiazole rings is 1. The van der Waals surface area contributed by atoms with E-state index >= 15 is 0 Å². The molecule has 1 aliphatic rings. The highest BCUT2D eigenvalue weighted by Gasteiger charge is 2.28. The normalized spacial score (nSPS) is 17.7. The molecule has 0 bridgehead atoms. The number of rotatable bonds is 3. The molecular weight excluding hydrogens is 248 g/mol. The van der Waals surface area contributed by atoms with E-state index in [4.69, 9.17) is 5.11 Å². The number of hydrogen-bond acceptors (Lipinski definition) is 4. The minimum atomic E-state index is -0.747. The number of carboxylic acid groups (broad SMARTS) is 1. The van der Waals surface area contributed by atoms with Gasteiger partial charge in [0.15, 0.2) is 0 Å². The molecule has 2 aromatic rings. The minimum Gasteiger partial charge on any atom is -0.481 e. The maximum atomic E-state index is 10.8. The Morgan fingerprint density at radius 2 is 2.44 bits per heavy atom. The molecule has 0 spiro atoms. The van der Waals surface area contributed by atoms with Gasteiger partial charge in [0.25, 0.3) is 0 Å². The number of fused-ring (bicyclic) bond motifs is 1. The summed E-state index contributed by atoms with van der Waals surface area (Å²) >= 11 is 1.66. The molecule has 18 heavy (non-hydrogen) atoms. The minimum absolute atomic E-state index is 0.0826. The van der Waals surface area contributed by atoms with Crippen LogP contribution in [0, 0.1) is 0 Å². The highest BCUT2D eigenvalue weighted by molar-refractivity contribution is 7.15. The van der Waals surface area contributed by atoms with Gasteiger partial charge in [-0.25, -0.2) is 4.98 Å². The van der Waals surface area contributed by atoms with Crippen LogP contribution in [0.2, 0.25) is 0 Å². The quantitative estimate of drug-likeness (QED) is 0.921. The zero-order valence-electron chi connectivity index (χ0n) is 9.67. The van der Waals surface area contributed by atoms with Gasteiger partial charge in [-0.05, 0) is 25.0 Å². The van der Waals surface area contributed by atoms with Crippen molar-refractivity contribution < 1.29 is 9.90 Å². The molecule has 0 radical (unpaired) electrons. The summed E-state index contributed by atoms with van der Waals surface area (Å²) in [5.41, 5.74) is 1.99. The van der Waals surface area contributed by atoms with E-state index in [0.717, 1.165) is 29.1 Å². The number of aromatic nitrogens is 2. The van der Waals surface area contributed by atoms with Gasteiger partial charge >= 0.3 is 5.97 Å². The first-order valence-corrected chi connectivity index (χ1v) is 6.67. The van der Waals surface area contributed by atoms with Crippen molar-refractivity contribution in [1.29, 1.82) is 0 Å². The summed E-state index contributed by atoms with van der Waals surface area (Å²) in [6.07, 6.45) is 5.57. The number of aryl methyl sites for hydroxylation is 1. The molecule has 1 aliphatic carbocycles. The Labute approximate surface area is 108 Å². The molecule has 1 unspecified atom stereocenters. The van der Waals surface area contributed by atoms with Gasteiger partial charge in [0, 0.05) is 28.8 Å². The molecule has 1 atom stereocenters. The Morgan fingerprint density at radius 3 is 3.17 bits per heavy atom. The van der Waals surface area contributed by atoms with Crippen molar-refractivity contribution in [2.75, 3.05) is 0 Å². The van der Waals surface area contributed by atoms with Crippen molar-refractivity contribution >= 4 is 17.3 Å². The van der Waals surface area contributed by atoms with Crippen LogP contribution < -0.4 is 0 Å². The molecule has 0 aliphatic heterocycles. The molecule has 0 saturated carbocycles. The number of carbonyl (C=O) groups is 1.